The summed E-state index contributed by atoms with van der Waals surface area (Å²) in [5.74, 6) is -0.544. The lowest BCUT2D eigenvalue weighted by molar-refractivity contribution is 0.0940. The van der Waals surface area contributed by atoms with E-state index in [0.29, 0.717) is 10.0 Å². The van der Waals surface area contributed by atoms with Crippen molar-refractivity contribution in [2.75, 3.05) is 5.73 Å². The number of carbonyl (C=O) groups is 1. The molecule has 2 rings (SSSR count). The summed E-state index contributed by atoms with van der Waals surface area (Å²) in [6.45, 7) is 1.77. The van der Waals surface area contributed by atoms with E-state index in [-0.39, 0.29) is 29.1 Å². The fourth-order valence-corrected chi connectivity index (χ4v) is 2.10. The van der Waals surface area contributed by atoms with Crippen LogP contribution in [0.5, 0.6) is 0 Å². The molecule has 0 radical (unpaired) electrons. The molecule has 0 saturated heterocycles. The van der Waals surface area contributed by atoms with Gasteiger partial charge in [0.2, 0.25) is 0 Å². The highest BCUT2D eigenvalue weighted by Gasteiger charge is 2.15. The number of nitrogens with zero attached hydrogens (tertiary/aromatic N) is 1. The Balaban J connectivity index is 2.17. The third kappa shape index (κ3) is 3.33. The molecule has 0 saturated carbocycles. The van der Waals surface area contributed by atoms with E-state index in [1.165, 1.54) is 18.3 Å². The number of hydrogen-bond acceptors (Lipinski definition) is 3. The van der Waals surface area contributed by atoms with Crippen LogP contribution in [0.3, 0.4) is 0 Å². The van der Waals surface area contributed by atoms with Crippen molar-refractivity contribution >= 4 is 27.7 Å². The van der Waals surface area contributed by atoms with Crippen molar-refractivity contribution in [3.63, 3.8) is 0 Å². The lowest BCUT2D eigenvalue weighted by atomic mass is 10.1. The summed E-state index contributed by atoms with van der Waals surface area (Å²) in [5.41, 5.74) is 6.64. The second-order valence-corrected chi connectivity index (χ2v) is 5.25. The quantitative estimate of drug-likeness (QED) is 0.904. The van der Waals surface area contributed by atoms with Gasteiger partial charge in [0.25, 0.3) is 5.91 Å². The molecule has 0 aliphatic heterocycles. The number of benzene rings is 1. The van der Waals surface area contributed by atoms with Crippen LogP contribution in [0.15, 0.2) is 41.0 Å². The van der Waals surface area contributed by atoms with Crippen molar-refractivity contribution in [3.8, 4) is 0 Å². The topological polar surface area (TPSA) is 68.0 Å². The highest BCUT2D eigenvalue weighted by molar-refractivity contribution is 9.10. The van der Waals surface area contributed by atoms with Crippen LogP contribution in [-0.2, 0) is 0 Å². The number of anilines is 1. The number of aromatic nitrogens is 1. The Labute approximate surface area is 124 Å². The molecule has 3 N–H and O–H groups in total. The van der Waals surface area contributed by atoms with Gasteiger partial charge in [-0.1, -0.05) is 12.1 Å². The Kier molecular flexibility index (Phi) is 4.34. The van der Waals surface area contributed by atoms with Crippen LogP contribution < -0.4 is 11.1 Å². The molecular formula is C14H13BrFN3O. The maximum absolute atomic E-state index is 13.2. The van der Waals surface area contributed by atoms with Crippen LogP contribution in [0.4, 0.5) is 10.2 Å². The lowest BCUT2D eigenvalue weighted by Gasteiger charge is -2.15. The maximum Gasteiger partial charge on any atom is 0.255 e. The molecule has 0 bridgehead atoms. The maximum atomic E-state index is 13.2. The van der Waals surface area contributed by atoms with E-state index in [4.69, 9.17) is 5.73 Å². The zero-order valence-corrected chi connectivity index (χ0v) is 12.3. The molecule has 0 spiro atoms. The zero-order valence-electron chi connectivity index (χ0n) is 10.7. The molecule has 4 nitrogen and oxygen atoms in total. The summed E-state index contributed by atoms with van der Waals surface area (Å²) < 4.78 is 13.8. The van der Waals surface area contributed by atoms with Crippen molar-refractivity contribution in [2.45, 2.75) is 13.0 Å². The van der Waals surface area contributed by atoms with Gasteiger partial charge in [-0.2, -0.15) is 0 Å². The van der Waals surface area contributed by atoms with Crippen LogP contribution in [-0.4, -0.2) is 10.9 Å². The first-order chi connectivity index (χ1) is 9.47. The van der Waals surface area contributed by atoms with E-state index in [0.717, 1.165) is 0 Å². The summed E-state index contributed by atoms with van der Waals surface area (Å²) in [4.78, 5) is 16.0. The van der Waals surface area contributed by atoms with Crippen molar-refractivity contribution in [3.05, 3.63) is 57.9 Å². The molecule has 0 aliphatic rings. The number of nitrogen functional groups attached to an aromatic ring is 1. The summed E-state index contributed by atoms with van der Waals surface area (Å²) in [7, 11) is 0. The summed E-state index contributed by atoms with van der Waals surface area (Å²) in [6.07, 6.45) is 1.52. The Bertz CT molecular complexity index is 648. The minimum Gasteiger partial charge on any atom is -0.383 e. The highest BCUT2D eigenvalue weighted by atomic mass is 79.9. The minimum absolute atomic E-state index is 0.150. The van der Waals surface area contributed by atoms with E-state index >= 15 is 0 Å². The number of nitrogens with two attached hydrogens (primary N) is 1. The van der Waals surface area contributed by atoms with E-state index in [1.807, 2.05) is 0 Å². The van der Waals surface area contributed by atoms with Gasteiger partial charge in [0.05, 0.1) is 11.6 Å². The number of amides is 1. The van der Waals surface area contributed by atoms with E-state index < -0.39 is 0 Å². The molecule has 0 aliphatic carbocycles. The predicted octanol–water partition coefficient (Wildman–Crippen LogP) is 3.06. The second kappa shape index (κ2) is 6.00. The Morgan fingerprint density at radius 1 is 1.45 bits per heavy atom. The largest absolute Gasteiger partial charge is 0.383 e. The van der Waals surface area contributed by atoms with Crippen molar-refractivity contribution in [2.24, 2.45) is 0 Å². The summed E-state index contributed by atoms with van der Waals surface area (Å²) in [5, 5.41) is 2.76. The number of pyridine rings is 1. The van der Waals surface area contributed by atoms with Gasteiger partial charge in [-0.25, -0.2) is 9.37 Å². The molecule has 20 heavy (non-hydrogen) atoms. The van der Waals surface area contributed by atoms with Crippen LogP contribution in [0.25, 0.3) is 0 Å². The van der Waals surface area contributed by atoms with Crippen molar-refractivity contribution < 1.29 is 9.18 Å². The SMILES string of the molecule is CC(NC(=O)c1cc(Br)cnc1N)c1cccc(F)c1. The molecule has 1 amide bonds. The van der Waals surface area contributed by atoms with E-state index in [9.17, 15) is 9.18 Å². The number of hydrogen-bond donors (Lipinski definition) is 2. The minimum atomic E-state index is -0.354. The molecule has 1 unspecified atom stereocenters. The first-order valence-corrected chi connectivity index (χ1v) is 6.74. The van der Waals surface area contributed by atoms with Gasteiger partial charge in [0.15, 0.2) is 0 Å². The van der Waals surface area contributed by atoms with Gasteiger partial charge in [0.1, 0.15) is 11.6 Å². The number of carbonyl (C=O) groups excluding carboxylic acids is 1. The van der Waals surface area contributed by atoms with Crippen LogP contribution in [0.1, 0.15) is 28.9 Å². The molecular weight excluding hydrogens is 325 g/mol. The smallest absolute Gasteiger partial charge is 0.255 e. The Morgan fingerprint density at radius 2 is 2.20 bits per heavy atom. The third-order valence-electron chi connectivity index (χ3n) is 2.83. The molecule has 1 heterocycles. The number of nitrogens with one attached hydrogen (secondary N) is 1. The molecule has 0 fully saturated rings. The van der Waals surface area contributed by atoms with Crippen LogP contribution in [0, 0.1) is 5.82 Å². The molecule has 104 valence electrons. The molecule has 2 aromatic rings. The lowest BCUT2D eigenvalue weighted by Crippen LogP contribution is -2.27. The zero-order chi connectivity index (χ0) is 14.7. The normalized spacial score (nSPS) is 11.9. The predicted molar refractivity (Wildman–Crippen MR) is 78.6 cm³/mol. The monoisotopic (exact) mass is 337 g/mol. The van der Waals surface area contributed by atoms with Gasteiger partial charge in [0, 0.05) is 10.7 Å². The Hall–Kier alpha value is -1.95. The standard InChI is InChI=1S/C14H13BrFN3O/c1-8(9-3-2-4-11(16)5-9)19-14(20)12-6-10(15)7-18-13(12)17/h2-8H,1H3,(H2,17,18)(H,19,20). The van der Waals surface area contributed by atoms with Gasteiger partial charge in [-0.3, -0.25) is 4.79 Å². The van der Waals surface area contributed by atoms with Gasteiger partial charge >= 0.3 is 0 Å². The van der Waals surface area contributed by atoms with Crippen molar-refractivity contribution in [1.29, 1.82) is 0 Å². The van der Waals surface area contributed by atoms with Crippen molar-refractivity contribution in [1.82, 2.24) is 10.3 Å². The molecule has 1 aromatic heterocycles. The van der Waals surface area contributed by atoms with Gasteiger partial charge < -0.3 is 11.1 Å². The van der Waals surface area contributed by atoms with E-state index in [2.05, 4.69) is 26.2 Å². The van der Waals surface area contributed by atoms with Crippen LogP contribution >= 0.6 is 15.9 Å². The summed E-state index contributed by atoms with van der Waals surface area (Å²) >= 11 is 3.24. The highest BCUT2D eigenvalue weighted by Crippen LogP contribution is 2.18. The first-order valence-electron chi connectivity index (χ1n) is 5.94. The second-order valence-electron chi connectivity index (χ2n) is 4.34. The fraction of sp³-hybridized carbons (Fsp3) is 0.143. The number of halogens is 2. The summed E-state index contributed by atoms with van der Waals surface area (Å²) in [6, 6.07) is 7.34. The fourth-order valence-electron chi connectivity index (χ4n) is 1.77. The third-order valence-corrected chi connectivity index (χ3v) is 3.26. The molecule has 1 aromatic carbocycles. The molecule has 1 atom stereocenters. The average molecular weight is 338 g/mol. The van der Waals surface area contributed by atoms with E-state index in [1.54, 1.807) is 25.1 Å². The number of rotatable bonds is 3. The average Bonchev–Trinajstić information content (AvgIpc) is 2.41. The first kappa shape index (κ1) is 14.5. The molecule has 6 heteroatoms. The Morgan fingerprint density at radius 3 is 2.90 bits per heavy atom. The van der Waals surface area contributed by atoms with Gasteiger partial charge in [-0.05, 0) is 46.6 Å². The van der Waals surface area contributed by atoms with Gasteiger partial charge in [-0.15, -0.1) is 0 Å². The van der Waals surface area contributed by atoms with Crippen LogP contribution in [0.2, 0.25) is 0 Å².